The Hall–Kier alpha value is -5.63. The molecule has 1 aliphatic rings. The van der Waals surface area contributed by atoms with Gasteiger partial charge in [0.25, 0.3) is 0 Å². The zero-order valence-electron chi connectivity index (χ0n) is 36.3. The van der Waals surface area contributed by atoms with Gasteiger partial charge in [-0.25, -0.2) is 9.36 Å². The standard InChI is InChI=1S/C50H58N6O2/c1-47(2,3)37-21-31(22-38(25-37)48(4,5)6)27-55-29-41(51-53-55)33-13-17-35(18-14-33)43-45(57)44(46(43)58)36-19-15-34(16-20-36)42-30-56(54-52-42)28-32-23-39(49(7,8)9)26-40(24-32)50(10,11)12/h13-26,29-30,43,57H,27-28H2,1-12H3. The molecule has 0 amide bonds. The van der Waals surface area contributed by atoms with Gasteiger partial charge in [-0.1, -0.05) is 178 Å². The molecule has 0 spiro atoms. The van der Waals surface area contributed by atoms with E-state index in [9.17, 15) is 9.90 Å². The van der Waals surface area contributed by atoms with Crippen molar-refractivity contribution in [1.82, 2.24) is 30.0 Å². The van der Waals surface area contributed by atoms with E-state index >= 15 is 0 Å². The molecule has 6 aromatic rings. The lowest BCUT2D eigenvalue weighted by Crippen LogP contribution is -2.28. The van der Waals surface area contributed by atoms with Gasteiger partial charge in [0.2, 0.25) is 0 Å². The fourth-order valence-corrected chi connectivity index (χ4v) is 7.40. The highest BCUT2D eigenvalue weighted by Gasteiger charge is 2.41. The highest BCUT2D eigenvalue weighted by Crippen LogP contribution is 2.43. The number of carbonyl (C=O) groups is 1. The van der Waals surface area contributed by atoms with Gasteiger partial charge in [-0.15, -0.1) is 10.2 Å². The van der Waals surface area contributed by atoms with Gasteiger partial charge in [0, 0.05) is 11.1 Å². The summed E-state index contributed by atoms with van der Waals surface area (Å²) < 4.78 is 3.74. The Kier molecular flexibility index (Phi) is 10.2. The monoisotopic (exact) mass is 774 g/mol. The van der Waals surface area contributed by atoms with Crippen LogP contribution in [0.1, 0.15) is 134 Å². The Morgan fingerprint density at radius 1 is 0.517 bits per heavy atom. The first kappa shape index (κ1) is 40.6. The fourth-order valence-electron chi connectivity index (χ4n) is 7.40. The van der Waals surface area contributed by atoms with Crippen molar-refractivity contribution in [2.24, 2.45) is 0 Å². The number of carbonyl (C=O) groups excluding carboxylic acids is 1. The first-order valence-corrected chi connectivity index (χ1v) is 20.3. The van der Waals surface area contributed by atoms with Gasteiger partial charge >= 0.3 is 0 Å². The third-order valence-corrected chi connectivity index (χ3v) is 11.3. The van der Waals surface area contributed by atoms with Gasteiger partial charge in [-0.05, 0) is 66.2 Å². The average molecular weight is 775 g/mol. The summed E-state index contributed by atoms with van der Waals surface area (Å²) in [5, 5.41) is 29.0. The first-order chi connectivity index (χ1) is 27.0. The molecule has 8 heteroatoms. The molecule has 300 valence electrons. The second-order valence-electron chi connectivity index (χ2n) is 20.2. The second kappa shape index (κ2) is 14.6. The van der Waals surface area contributed by atoms with Crippen LogP contribution in [0.25, 0.3) is 28.1 Å². The zero-order chi connectivity index (χ0) is 41.9. The number of rotatable bonds is 8. The number of aliphatic hydroxyl groups excluding tert-OH is 1. The number of allylic oxidation sites excluding steroid dienone is 2. The third-order valence-electron chi connectivity index (χ3n) is 11.3. The van der Waals surface area contributed by atoms with E-state index in [2.05, 4.69) is 140 Å². The minimum Gasteiger partial charge on any atom is -0.510 e. The molecule has 0 radical (unpaired) electrons. The molecule has 2 aromatic heterocycles. The molecular formula is C50H58N6O2. The molecule has 0 aliphatic heterocycles. The molecule has 2 heterocycles. The van der Waals surface area contributed by atoms with E-state index in [0.29, 0.717) is 24.2 Å². The van der Waals surface area contributed by atoms with Crippen molar-refractivity contribution < 1.29 is 9.90 Å². The third kappa shape index (κ3) is 8.47. The van der Waals surface area contributed by atoms with Gasteiger partial charge in [0.15, 0.2) is 5.78 Å². The Morgan fingerprint density at radius 2 is 0.862 bits per heavy atom. The fraction of sp³-hybridized carbons (Fsp3) is 0.380. The molecule has 1 atom stereocenters. The second-order valence-corrected chi connectivity index (χ2v) is 20.2. The van der Waals surface area contributed by atoms with Crippen molar-refractivity contribution in [3.05, 3.63) is 148 Å². The molecule has 1 N–H and O–H groups in total. The summed E-state index contributed by atoms with van der Waals surface area (Å²) in [6.45, 7) is 28.1. The number of aromatic nitrogens is 6. The number of benzene rings is 4. The zero-order valence-corrected chi connectivity index (χ0v) is 36.3. The van der Waals surface area contributed by atoms with Crippen molar-refractivity contribution in [2.45, 2.75) is 124 Å². The van der Waals surface area contributed by atoms with E-state index in [1.165, 1.54) is 33.4 Å². The summed E-state index contributed by atoms with van der Waals surface area (Å²) in [6.07, 6.45) is 3.91. The molecule has 1 unspecified atom stereocenters. The predicted molar refractivity (Wildman–Crippen MR) is 234 cm³/mol. The minimum absolute atomic E-state index is 0.0311. The molecular weight excluding hydrogens is 717 g/mol. The molecule has 58 heavy (non-hydrogen) atoms. The van der Waals surface area contributed by atoms with Crippen LogP contribution in [0.2, 0.25) is 0 Å². The first-order valence-electron chi connectivity index (χ1n) is 20.3. The van der Waals surface area contributed by atoms with Gasteiger partial charge in [-0.2, -0.15) is 0 Å². The van der Waals surface area contributed by atoms with Crippen molar-refractivity contribution in [3.8, 4) is 22.5 Å². The molecule has 8 nitrogen and oxygen atoms in total. The summed E-state index contributed by atoms with van der Waals surface area (Å²) in [5.41, 5.74) is 12.8. The Morgan fingerprint density at radius 3 is 1.21 bits per heavy atom. The van der Waals surface area contributed by atoms with Crippen LogP contribution in [0, 0.1) is 0 Å². The van der Waals surface area contributed by atoms with Crippen molar-refractivity contribution >= 4 is 11.4 Å². The van der Waals surface area contributed by atoms with Crippen LogP contribution in [-0.4, -0.2) is 40.9 Å². The van der Waals surface area contributed by atoms with Crippen molar-refractivity contribution in [3.63, 3.8) is 0 Å². The Balaban J connectivity index is 1.03. The molecule has 0 fully saturated rings. The van der Waals surface area contributed by atoms with Gasteiger partial charge in [0.1, 0.15) is 23.1 Å². The van der Waals surface area contributed by atoms with E-state index in [-0.39, 0.29) is 33.2 Å². The van der Waals surface area contributed by atoms with Crippen LogP contribution in [-0.2, 0) is 39.5 Å². The summed E-state index contributed by atoms with van der Waals surface area (Å²) in [7, 11) is 0. The molecule has 1 aliphatic carbocycles. The van der Waals surface area contributed by atoms with E-state index in [1.807, 2.05) is 70.3 Å². The van der Waals surface area contributed by atoms with Gasteiger partial charge in [0.05, 0.1) is 31.1 Å². The summed E-state index contributed by atoms with van der Waals surface area (Å²) >= 11 is 0. The largest absolute Gasteiger partial charge is 0.510 e. The predicted octanol–water partition coefficient (Wildman–Crippen LogP) is 11.1. The molecule has 0 saturated heterocycles. The maximum absolute atomic E-state index is 13.5. The van der Waals surface area contributed by atoms with Gasteiger partial charge < -0.3 is 5.11 Å². The van der Waals surface area contributed by atoms with E-state index in [0.717, 1.165) is 28.1 Å². The highest BCUT2D eigenvalue weighted by atomic mass is 16.3. The van der Waals surface area contributed by atoms with Crippen LogP contribution in [0.4, 0.5) is 0 Å². The lowest BCUT2D eigenvalue weighted by molar-refractivity contribution is -0.116. The van der Waals surface area contributed by atoms with Crippen LogP contribution in [0.5, 0.6) is 0 Å². The number of aliphatic hydroxyl groups is 1. The van der Waals surface area contributed by atoms with E-state index < -0.39 is 5.92 Å². The van der Waals surface area contributed by atoms with Crippen molar-refractivity contribution in [1.29, 1.82) is 0 Å². The average Bonchev–Trinajstić information content (AvgIpc) is 3.81. The summed E-state index contributed by atoms with van der Waals surface area (Å²) in [6, 6.07) is 29.0. The van der Waals surface area contributed by atoms with Crippen LogP contribution < -0.4 is 0 Å². The smallest absolute Gasteiger partial charge is 0.181 e. The quantitative estimate of drug-likeness (QED) is 0.165. The maximum Gasteiger partial charge on any atom is 0.181 e. The number of ketones is 1. The lowest BCUT2D eigenvalue weighted by Gasteiger charge is -2.28. The SMILES string of the molecule is CC(C)(C)c1cc(Cn2cc(-c3ccc(C4=C(O)C(c5ccc(-c6cn(Cc7cc(C(C)(C)C)cc(C(C)(C)C)c7)nn6)cc5)C4=O)cc3)nn2)cc(C(C)(C)C)c1. The van der Waals surface area contributed by atoms with Crippen LogP contribution in [0.3, 0.4) is 0 Å². The Bertz CT molecular complexity index is 2440. The molecule has 4 aromatic carbocycles. The highest BCUT2D eigenvalue weighted by molar-refractivity contribution is 6.31. The van der Waals surface area contributed by atoms with Gasteiger partial charge in [-0.3, -0.25) is 4.79 Å². The normalized spacial score (nSPS) is 15.2. The molecule has 0 bridgehead atoms. The maximum atomic E-state index is 13.5. The number of hydrogen-bond acceptors (Lipinski definition) is 6. The summed E-state index contributed by atoms with van der Waals surface area (Å²) in [4.78, 5) is 13.5. The number of nitrogens with zero attached hydrogens (tertiary/aromatic N) is 6. The molecule has 0 saturated carbocycles. The minimum atomic E-state index is -0.693. The number of hydrogen-bond donors (Lipinski definition) is 1. The topological polar surface area (TPSA) is 98.7 Å². The lowest BCUT2D eigenvalue weighted by atomic mass is 9.75. The molecule has 7 rings (SSSR count). The summed E-state index contributed by atoms with van der Waals surface area (Å²) in [5.74, 6) is -0.710. The van der Waals surface area contributed by atoms with Crippen LogP contribution in [0.15, 0.2) is 103 Å². The van der Waals surface area contributed by atoms with Crippen molar-refractivity contribution in [2.75, 3.05) is 0 Å². The van der Waals surface area contributed by atoms with E-state index in [1.54, 1.807) is 0 Å². The van der Waals surface area contributed by atoms with E-state index in [4.69, 9.17) is 0 Å². The Labute approximate surface area is 344 Å². The van der Waals surface area contributed by atoms with Crippen LogP contribution >= 0.6 is 0 Å². The number of Topliss-reactive ketones (excluding diaryl/α,β-unsaturated/α-hetero) is 1.